The molecule has 0 aliphatic carbocycles. The summed E-state index contributed by atoms with van der Waals surface area (Å²) in [5.74, 6) is -0.160. The number of carbonyl (C=O) groups excluding carboxylic acids is 1. The van der Waals surface area contributed by atoms with E-state index in [9.17, 15) is 13.2 Å². The summed E-state index contributed by atoms with van der Waals surface area (Å²) in [5, 5.41) is 5.89. The lowest BCUT2D eigenvalue weighted by Gasteiger charge is -2.07. The van der Waals surface area contributed by atoms with Gasteiger partial charge in [-0.25, -0.2) is 13.1 Å². The first-order valence-corrected chi connectivity index (χ1v) is 8.38. The summed E-state index contributed by atoms with van der Waals surface area (Å²) in [6, 6.07) is 7.21. The van der Waals surface area contributed by atoms with E-state index < -0.39 is 10.0 Å². The zero-order valence-corrected chi connectivity index (χ0v) is 12.6. The maximum Gasteiger partial charge on any atom is 0.251 e. The fourth-order valence-corrected chi connectivity index (χ4v) is 2.11. The Morgan fingerprint density at radius 3 is 2.35 bits per heavy atom. The van der Waals surface area contributed by atoms with Crippen LogP contribution in [0.5, 0.6) is 0 Å². The molecule has 7 heteroatoms. The molecule has 0 spiro atoms. The second kappa shape index (κ2) is 7.86. The Kier molecular flexibility index (Phi) is 6.47. The van der Waals surface area contributed by atoms with E-state index in [-0.39, 0.29) is 5.91 Å². The monoisotopic (exact) mass is 299 g/mol. The maximum absolute atomic E-state index is 11.8. The fraction of sp³-hybridized carbons (Fsp3) is 0.462. The van der Waals surface area contributed by atoms with Crippen molar-refractivity contribution in [3.8, 4) is 0 Å². The Hall–Kier alpha value is -1.60. The average Bonchev–Trinajstić information content (AvgIpc) is 2.38. The summed E-state index contributed by atoms with van der Waals surface area (Å²) in [6.45, 7) is 3.58. The third-order valence-corrected chi connectivity index (χ3v) is 3.26. The van der Waals surface area contributed by atoms with Gasteiger partial charge in [-0.05, 0) is 37.6 Å². The quantitative estimate of drug-likeness (QED) is 0.619. The van der Waals surface area contributed by atoms with Crippen molar-refractivity contribution in [1.82, 2.24) is 10.0 Å². The number of hydrogen-bond donors (Lipinski definition) is 3. The Labute approximate surface area is 120 Å². The molecule has 112 valence electrons. The molecule has 0 aliphatic heterocycles. The summed E-state index contributed by atoms with van der Waals surface area (Å²) < 4.78 is 24.0. The maximum atomic E-state index is 11.8. The molecule has 1 rings (SSSR count). The van der Waals surface area contributed by atoms with E-state index >= 15 is 0 Å². The largest absolute Gasteiger partial charge is 0.385 e. The van der Waals surface area contributed by atoms with E-state index in [1.165, 1.54) is 0 Å². The number of rotatable bonds is 8. The van der Waals surface area contributed by atoms with Gasteiger partial charge in [-0.1, -0.05) is 0 Å². The predicted octanol–water partition coefficient (Wildman–Crippen LogP) is 0.788. The molecule has 0 bridgehead atoms. The van der Waals surface area contributed by atoms with Crippen LogP contribution in [0.4, 0.5) is 5.69 Å². The molecule has 1 amide bonds. The highest BCUT2D eigenvalue weighted by molar-refractivity contribution is 7.88. The van der Waals surface area contributed by atoms with E-state index in [1.807, 2.05) is 19.1 Å². The van der Waals surface area contributed by atoms with E-state index in [1.54, 1.807) is 12.1 Å². The van der Waals surface area contributed by atoms with Crippen LogP contribution in [0.1, 0.15) is 23.7 Å². The van der Waals surface area contributed by atoms with Crippen LogP contribution in [0.3, 0.4) is 0 Å². The van der Waals surface area contributed by atoms with E-state index in [4.69, 9.17) is 0 Å². The lowest BCUT2D eigenvalue weighted by molar-refractivity contribution is 0.0953. The molecule has 0 heterocycles. The lowest BCUT2D eigenvalue weighted by atomic mass is 10.2. The van der Waals surface area contributed by atoms with Gasteiger partial charge in [0.05, 0.1) is 6.26 Å². The van der Waals surface area contributed by atoms with Crippen molar-refractivity contribution in [2.45, 2.75) is 13.3 Å². The highest BCUT2D eigenvalue weighted by Crippen LogP contribution is 2.08. The molecule has 3 N–H and O–H groups in total. The molecule has 0 unspecified atom stereocenters. The fourth-order valence-electron chi connectivity index (χ4n) is 1.59. The van der Waals surface area contributed by atoms with Gasteiger partial charge in [-0.15, -0.1) is 0 Å². The van der Waals surface area contributed by atoms with Crippen molar-refractivity contribution in [3.05, 3.63) is 29.8 Å². The van der Waals surface area contributed by atoms with Gasteiger partial charge in [0.15, 0.2) is 0 Å². The first-order valence-electron chi connectivity index (χ1n) is 6.49. The van der Waals surface area contributed by atoms with Crippen LogP contribution in [0.15, 0.2) is 24.3 Å². The van der Waals surface area contributed by atoms with Crippen LogP contribution in [-0.4, -0.2) is 40.2 Å². The summed E-state index contributed by atoms with van der Waals surface area (Å²) >= 11 is 0. The average molecular weight is 299 g/mol. The van der Waals surface area contributed by atoms with E-state index in [2.05, 4.69) is 15.4 Å². The number of hydrogen-bond acceptors (Lipinski definition) is 4. The van der Waals surface area contributed by atoms with Crippen molar-refractivity contribution >= 4 is 21.6 Å². The minimum absolute atomic E-state index is 0.160. The van der Waals surface area contributed by atoms with Gasteiger partial charge in [0.1, 0.15) is 0 Å². The predicted molar refractivity (Wildman–Crippen MR) is 80.4 cm³/mol. The first-order chi connectivity index (χ1) is 9.42. The molecule has 0 aliphatic rings. The molecule has 1 aromatic rings. The topological polar surface area (TPSA) is 87.3 Å². The summed E-state index contributed by atoms with van der Waals surface area (Å²) in [4.78, 5) is 11.8. The zero-order chi connectivity index (χ0) is 15.0. The second-order valence-corrected chi connectivity index (χ2v) is 6.22. The number of benzene rings is 1. The summed E-state index contributed by atoms with van der Waals surface area (Å²) in [6.07, 6.45) is 1.66. The SMILES string of the molecule is CCNc1ccc(C(=O)NCCCNS(C)(=O)=O)cc1. The van der Waals surface area contributed by atoms with Crippen LogP contribution in [0.25, 0.3) is 0 Å². The van der Waals surface area contributed by atoms with Crippen LogP contribution in [0.2, 0.25) is 0 Å². The number of carbonyl (C=O) groups is 1. The highest BCUT2D eigenvalue weighted by atomic mass is 32.2. The number of amides is 1. The molecule has 6 nitrogen and oxygen atoms in total. The van der Waals surface area contributed by atoms with Gasteiger partial charge in [-0.2, -0.15) is 0 Å². The molecule has 0 fully saturated rings. The third kappa shape index (κ3) is 6.53. The lowest BCUT2D eigenvalue weighted by Crippen LogP contribution is -2.29. The Morgan fingerprint density at radius 2 is 1.80 bits per heavy atom. The summed E-state index contributed by atoms with van der Waals surface area (Å²) in [5.41, 5.74) is 1.56. The number of nitrogens with one attached hydrogen (secondary N) is 3. The molecule has 1 aromatic carbocycles. The van der Waals surface area contributed by atoms with Crippen molar-refractivity contribution in [3.63, 3.8) is 0 Å². The van der Waals surface area contributed by atoms with Gasteiger partial charge >= 0.3 is 0 Å². The standard InChI is InChI=1S/C13H21N3O3S/c1-3-14-12-7-5-11(6-8-12)13(17)15-9-4-10-16-20(2,18)19/h5-8,14,16H,3-4,9-10H2,1-2H3,(H,15,17). The molecular weight excluding hydrogens is 278 g/mol. The zero-order valence-electron chi connectivity index (χ0n) is 11.8. The van der Waals surface area contributed by atoms with E-state index in [0.29, 0.717) is 25.1 Å². The van der Waals surface area contributed by atoms with Crippen LogP contribution >= 0.6 is 0 Å². The highest BCUT2D eigenvalue weighted by Gasteiger charge is 2.05. The summed E-state index contributed by atoms with van der Waals surface area (Å²) in [7, 11) is -3.16. The van der Waals surface area contributed by atoms with Gasteiger partial charge in [-0.3, -0.25) is 4.79 Å². The van der Waals surface area contributed by atoms with Crippen LogP contribution in [-0.2, 0) is 10.0 Å². The Balaban J connectivity index is 2.32. The van der Waals surface area contributed by atoms with Gasteiger partial charge in [0, 0.05) is 30.9 Å². The van der Waals surface area contributed by atoms with Crippen molar-refractivity contribution in [1.29, 1.82) is 0 Å². The number of anilines is 1. The van der Waals surface area contributed by atoms with Crippen molar-refractivity contribution < 1.29 is 13.2 Å². The smallest absolute Gasteiger partial charge is 0.251 e. The first kappa shape index (κ1) is 16.5. The molecule has 20 heavy (non-hydrogen) atoms. The molecule has 0 saturated heterocycles. The molecule has 0 aromatic heterocycles. The van der Waals surface area contributed by atoms with Crippen molar-refractivity contribution in [2.24, 2.45) is 0 Å². The normalized spacial score (nSPS) is 11.1. The van der Waals surface area contributed by atoms with Gasteiger partial charge in [0.25, 0.3) is 5.91 Å². The van der Waals surface area contributed by atoms with Gasteiger partial charge < -0.3 is 10.6 Å². The molecular formula is C13H21N3O3S. The minimum Gasteiger partial charge on any atom is -0.385 e. The molecule has 0 radical (unpaired) electrons. The van der Waals surface area contributed by atoms with E-state index in [0.717, 1.165) is 18.5 Å². The number of sulfonamides is 1. The molecule has 0 atom stereocenters. The molecule has 0 saturated carbocycles. The third-order valence-electron chi connectivity index (χ3n) is 2.53. The van der Waals surface area contributed by atoms with Crippen LogP contribution < -0.4 is 15.4 Å². The second-order valence-electron chi connectivity index (χ2n) is 4.38. The Bertz CT molecular complexity index is 526. The van der Waals surface area contributed by atoms with Crippen molar-refractivity contribution in [2.75, 3.05) is 31.2 Å². The van der Waals surface area contributed by atoms with Crippen LogP contribution in [0, 0.1) is 0 Å². The minimum atomic E-state index is -3.16. The Morgan fingerprint density at radius 1 is 1.15 bits per heavy atom. The van der Waals surface area contributed by atoms with Gasteiger partial charge in [0.2, 0.25) is 10.0 Å².